The number of nitrogens with one attached hydrogen (secondary N) is 2. The van der Waals surface area contributed by atoms with E-state index in [2.05, 4.69) is 15.5 Å². The Bertz CT molecular complexity index is 356. The Balaban J connectivity index is 2.71. The SMILES string of the molecule is Cc1[nH]nc(NC(=O)[C@H](N)C(C)C)c1C. The van der Waals surface area contributed by atoms with E-state index in [0.717, 1.165) is 11.3 Å². The number of aromatic amines is 1. The number of hydrogen-bond acceptors (Lipinski definition) is 3. The van der Waals surface area contributed by atoms with E-state index in [1.54, 1.807) is 0 Å². The molecule has 15 heavy (non-hydrogen) atoms. The number of aromatic nitrogens is 2. The summed E-state index contributed by atoms with van der Waals surface area (Å²) in [5, 5.41) is 9.50. The van der Waals surface area contributed by atoms with E-state index in [4.69, 9.17) is 5.73 Å². The number of nitrogens with two attached hydrogens (primary N) is 1. The summed E-state index contributed by atoms with van der Waals surface area (Å²) in [7, 11) is 0. The van der Waals surface area contributed by atoms with Crippen LogP contribution >= 0.6 is 0 Å². The molecule has 0 radical (unpaired) electrons. The summed E-state index contributed by atoms with van der Waals surface area (Å²) in [6, 6.07) is -0.499. The first kappa shape index (κ1) is 11.7. The number of amides is 1. The third kappa shape index (κ3) is 2.56. The summed E-state index contributed by atoms with van der Waals surface area (Å²) < 4.78 is 0. The molecule has 0 bridgehead atoms. The Morgan fingerprint density at radius 2 is 2.07 bits per heavy atom. The molecule has 1 aromatic rings. The van der Waals surface area contributed by atoms with Gasteiger partial charge in [0.25, 0.3) is 0 Å². The van der Waals surface area contributed by atoms with Crippen molar-refractivity contribution in [3.8, 4) is 0 Å². The molecule has 84 valence electrons. The molecule has 1 atom stereocenters. The van der Waals surface area contributed by atoms with Crippen molar-refractivity contribution in [1.82, 2.24) is 10.2 Å². The summed E-state index contributed by atoms with van der Waals surface area (Å²) in [6.45, 7) is 7.62. The van der Waals surface area contributed by atoms with E-state index in [1.807, 2.05) is 27.7 Å². The van der Waals surface area contributed by atoms with Gasteiger partial charge in [0.15, 0.2) is 5.82 Å². The molecule has 1 rings (SSSR count). The second-order valence-corrected chi connectivity index (χ2v) is 4.08. The molecular weight excluding hydrogens is 192 g/mol. The van der Waals surface area contributed by atoms with Gasteiger partial charge in [-0.15, -0.1) is 0 Å². The second-order valence-electron chi connectivity index (χ2n) is 4.08. The monoisotopic (exact) mass is 210 g/mol. The van der Waals surface area contributed by atoms with E-state index < -0.39 is 6.04 Å². The van der Waals surface area contributed by atoms with Crippen LogP contribution in [0.4, 0.5) is 5.82 Å². The average Bonchev–Trinajstić information content (AvgIpc) is 2.48. The fourth-order valence-corrected chi connectivity index (χ4v) is 1.11. The predicted octanol–water partition coefficient (Wildman–Crippen LogP) is 0.948. The molecule has 0 unspecified atom stereocenters. The van der Waals surface area contributed by atoms with E-state index in [-0.39, 0.29) is 11.8 Å². The van der Waals surface area contributed by atoms with Crippen molar-refractivity contribution in [2.75, 3.05) is 5.32 Å². The molecule has 0 aliphatic heterocycles. The lowest BCUT2D eigenvalue weighted by Gasteiger charge is -2.14. The maximum absolute atomic E-state index is 11.6. The standard InChI is InChI=1S/C10H18N4O/c1-5(2)8(11)10(15)12-9-6(3)7(4)13-14-9/h5,8H,11H2,1-4H3,(H2,12,13,14,15)/t8-/m1/s1. The molecule has 0 aliphatic rings. The molecule has 0 fully saturated rings. The van der Waals surface area contributed by atoms with Crippen molar-refractivity contribution < 1.29 is 4.79 Å². The fourth-order valence-electron chi connectivity index (χ4n) is 1.11. The van der Waals surface area contributed by atoms with Crippen LogP contribution in [-0.2, 0) is 4.79 Å². The zero-order chi connectivity index (χ0) is 11.6. The molecule has 0 aliphatic carbocycles. The lowest BCUT2D eigenvalue weighted by atomic mass is 10.1. The molecule has 1 aromatic heterocycles. The van der Waals surface area contributed by atoms with E-state index in [9.17, 15) is 4.79 Å². The number of anilines is 1. The predicted molar refractivity (Wildman–Crippen MR) is 59.5 cm³/mol. The van der Waals surface area contributed by atoms with Gasteiger partial charge >= 0.3 is 0 Å². The van der Waals surface area contributed by atoms with Gasteiger partial charge in [-0.3, -0.25) is 9.89 Å². The highest BCUT2D eigenvalue weighted by Gasteiger charge is 2.19. The first-order valence-corrected chi connectivity index (χ1v) is 5.01. The minimum absolute atomic E-state index is 0.116. The minimum Gasteiger partial charge on any atom is -0.320 e. The number of rotatable bonds is 3. The van der Waals surface area contributed by atoms with Crippen molar-refractivity contribution in [3.05, 3.63) is 11.3 Å². The van der Waals surface area contributed by atoms with Crippen molar-refractivity contribution in [2.45, 2.75) is 33.7 Å². The first-order chi connectivity index (χ1) is 6.93. The Hall–Kier alpha value is -1.36. The van der Waals surface area contributed by atoms with E-state index in [0.29, 0.717) is 5.82 Å². The fraction of sp³-hybridized carbons (Fsp3) is 0.600. The molecule has 0 saturated carbocycles. The van der Waals surface area contributed by atoms with Crippen LogP contribution in [0.25, 0.3) is 0 Å². The van der Waals surface area contributed by atoms with Gasteiger partial charge in [0.2, 0.25) is 5.91 Å². The van der Waals surface area contributed by atoms with Gasteiger partial charge in [-0.05, 0) is 19.8 Å². The Kier molecular flexibility index (Phi) is 3.47. The normalized spacial score (nSPS) is 12.9. The first-order valence-electron chi connectivity index (χ1n) is 5.01. The van der Waals surface area contributed by atoms with Gasteiger partial charge in [-0.2, -0.15) is 5.10 Å². The van der Waals surface area contributed by atoms with Gasteiger partial charge in [-0.1, -0.05) is 13.8 Å². The molecule has 0 aromatic carbocycles. The smallest absolute Gasteiger partial charge is 0.242 e. The van der Waals surface area contributed by atoms with Crippen LogP contribution < -0.4 is 11.1 Å². The van der Waals surface area contributed by atoms with Crippen LogP contribution in [0.2, 0.25) is 0 Å². The molecule has 0 saturated heterocycles. The van der Waals surface area contributed by atoms with Crippen molar-refractivity contribution in [3.63, 3.8) is 0 Å². The van der Waals surface area contributed by atoms with Gasteiger partial charge in [0.05, 0.1) is 6.04 Å². The summed E-state index contributed by atoms with van der Waals surface area (Å²) >= 11 is 0. The highest BCUT2D eigenvalue weighted by Crippen LogP contribution is 2.14. The minimum atomic E-state index is -0.499. The third-order valence-electron chi connectivity index (χ3n) is 2.52. The summed E-state index contributed by atoms with van der Waals surface area (Å²) in [6.07, 6.45) is 0. The van der Waals surface area contributed by atoms with Crippen molar-refractivity contribution in [1.29, 1.82) is 0 Å². The Morgan fingerprint density at radius 3 is 2.47 bits per heavy atom. The Labute approximate surface area is 89.4 Å². The van der Waals surface area contributed by atoms with E-state index >= 15 is 0 Å². The number of carbonyl (C=O) groups is 1. The average molecular weight is 210 g/mol. The number of carbonyl (C=O) groups excluding carboxylic acids is 1. The van der Waals surface area contributed by atoms with Crippen LogP contribution in [0.15, 0.2) is 0 Å². The maximum atomic E-state index is 11.6. The second kappa shape index (κ2) is 4.44. The largest absolute Gasteiger partial charge is 0.320 e. The number of H-pyrrole nitrogens is 1. The van der Waals surface area contributed by atoms with Crippen LogP contribution in [-0.4, -0.2) is 22.1 Å². The lowest BCUT2D eigenvalue weighted by Crippen LogP contribution is -2.39. The summed E-state index contributed by atoms with van der Waals surface area (Å²) in [4.78, 5) is 11.6. The van der Waals surface area contributed by atoms with Crippen LogP contribution in [0, 0.1) is 19.8 Å². The molecule has 4 N–H and O–H groups in total. The van der Waals surface area contributed by atoms with Crippen LogP contribution in [0.3, 0.4) is 0 Å². The molecule has 1 heterocycles. The van der Waals surface area contributed by atoms with Crippen molar-refractivity contribution in [2.24, 2.45) is 11.7 Å². The quantitative estimate of drug-likeness (QED) is 0.694. The molecule has 0 spiro atoms. The zero-order valence-electron chi connectivity index (χ0n) is 9.59. The highest BCUT2D eigenvalue weighted by atomic mass is 16.2. The van der Waals surface area contributed by atoms with Gasteiger partial charge in [0, 0.05) is 11.3 Å². The van der Waals surface area contributed by atoms with Crippen molar-refractivity contribution >= 4 is 11.7 Å². The van der Waals surface area contributed by atoms with Gasteiger partial charge in [0.1, 0.15) is 0 Å². The third-order valence-corrected chi connectivity index (χ3v) is 2.52. The highest BCUT2D eigenvalue weighted by molar-refractivity contribution is 5.94. The molecule has 1 amide bonds. The molecule has 5 heteroatoms. The lowest BCUT2D eigenvalue weighted by molar-refractivity contribution is -0.118. The van der Waals surface area contributed by atoms with Gasteiger partial charge in [-0.25, -0.2) is 0 Å². The Morgan fingerprint density at radius 1 is 1.47 bits per heavy atom. The van der Waals surface area contributed by atoms with Crippen LogP contribution in [0.1, 0.15) is 25.1 Å². The number of aryl methyl sites for hydroxylation is 1. The van der Waals surface area contributed by atoms with Gasteiger partial charge < -0.3 is 11.1 Å². The number of nitrogens with zero attached hydrogens (tertiary/aromatic N) is 1. The molecular formula is C10H18N4O. The summed E-state index contributed by atoms with van der Waals surface area (Å²) in [5.41, 5.74) is 7.61. The number of hydrogen-bond donors (Lipinski definition) is 3. The van der Waals surface area contributed by atoms with Crippen LogP contribution in [0.5, 0.6) is 0 Å². The van der Waals surface area contributed by atoms with E-state index in [1.165, 1.54) is 0 Å². The maximum Gasteiger partial charge on any atom is 0.242 e. The molecule has 5 nitrogen and oxygen atoms in total. The zero-order valence-corrected chi connectivity index (χ0v) is 9.59. The summed E-state index contributed by atoms with van der Waals surface area (Å²) in [5.74, 6) is 0.485. The topological polar surface area (TPSA) is 83.8 Å².